The van der Waals surface area contributed by atoms with E-state index in [1.54, 1.807) is 0 Å². The van der Waals surface area contributed by atoms with Crippen molar-refractivity contribution in [2.45, 2.75) is 52.0 Å². The SMILES string of the molecule is Cc1nn(C)c(C)c1C(C)C(=O)N(C)C1CCCc2ccccc21. The molecule has 4 nitrogen and oxygen atoms in total. The Bertz CT molecular complexity index is 762. The zero-order chi connectivity index (χ0) is 17.4. The summed E-state index contributed by atoms with van der Waals surface area (Å²) in [6.07, 6.45) is 3.29. The fraction of sp³-hybridized carbons (Fsp3) is 0.500. The van der Waals surface area contributed by atoms with Crippen LogP contribution in [-0.2, 0) is 18.3 Å². The zero-order valence-corrected chi connectivity index (χ0v) is 15.3. The number of hydrogen-bond donors (Lipinski definition) is 0. The normalized spacial score (nSPS) is 18.1. The maximum absolute atomic E-state index is 13.2. The fourth-order valence-corrected chi connectivity index (χ4v) is 4.13. The Hall–Kier alpha value is -2.10. The highest BCUT2D eigenvalue weighted by molar-refractivity contribution is 5.84. The predicted octanol–water partition coefficient (Wildman–Crippen LogP) is 3.68. The molecule has 0 fully saturated rings. The smallest absolute Gasteiger partial charge is 0.230 e. The number of carbonyl (C=O) groups excluding carboxylic acids is 1. The van der Waals surface area contributed by atoms with E-state index in [0.717, 1.165) is 36.2 Å². The third-order valence-electron chi connectivity index (χ3n) is 5.52. The molecule has 1 aliphatic carbocycles. The predicted molar refractivity (Wildman–Crippen MR) is 96.0 cm³/mol. The Morgan fingerprint density at radius 3 is 2.71 bits per heavy atom. The van der Waals surface area contributed by atoms with Crippen LogP contribution in [0.3, 0.4) is 0 Å². The van der Waals surface area contributed by atoms with E-state index < -0.39 is 0 Å². The van der Waals surface area contributed by atoms with Gasteiger partial charge in [0, 0.05) is 25.4 Å². The molecule has 128 valence electrons. The first-order valence-electron chi connectivity index (χ1n) is 8.76. The van der Waals surface area contributed by atoms with Gasteiger partial charge in [0.15, 0.2) is 0 Å². The Kier molecular flexibility index (Phi) is 4.48. The molecule has 2 aromatic rings. The van der Waals surface area contributed by atoms with Crippen LogP contribution in [0.5, 0.6) is 0 Å². The highest BCUT2D eigenvalue weighted by Crippen LogP contribution is 2.35. The standard InChI is InChI=1S/C20H27N3O/c1-13(19-14(2)21-23(5)15(19)3)20(24)22(4)18-12-8-10-16-9-6-7-11-17(16)18/h6-7,9,11,13,18H,8,10,12H2,1-5H3. The van der Waals surface area contributed by atoms with Gasteiger partial charge < -0.3 is 4.90 Å². The lowest BCUT2D eigenvalue weighted by molar-refractivity contribution is -0.133. The van der Waals surface area contributed by atoms with Crippen molar-refractivity contribution in [1.29, 1.82) is 0 Å². The molecule has 1 heterocycles. The molecular weight excluding hydrogens is 298 g/mol. The van der Waals surface area contributed by atoms with E-state index in [4.69, 9.17) is 0 Å². The van der Waals surface area contributed by atoms with E-state index in [1.165, 1.54) is 11.1 Å². The van der Waals surface area contributed by atoms with Crippen LogP contribution in [0.25, 0.3) is 0 Å². The van der Waals surface area contributed by atoms with Crippen molar-refractivity contribution in [3.05, 3.63) is 52.3 Å². The number of aryl methyl sites for hydroxylation is 3. The lowest BCUT2D eigenvalue weighted by Gasteiger charge is -2.35. The van der Waals surface area contributed by atoms with Crippen LogP contribution < -0.4 is 0 Å². The largest absolute Gasteiger partial charge is 0.338 e. The van der Waals surface area contributed by atoms with Crippen LogP contribution in [0, 0.1) is 13.8 Å². The first-order valence-corrected chi connectivity index (χ1v) is 8.76. The number of fused-ring (bicyclic) bond motifs is 1. The molecule has 2 unspecified atom stereocenters. The second kappa shape index (κ2) is 6.42. The maximum atomic E-state index is 13.2. The zero-order valence-electron chi connectivity index (χ0n) is 15.3. The number of hydrogen-bond acceptors (Lipinski definition) is 2. The molecule has 0 bridgehead atoms. The van der Waals surface area contributed by atoms with Crippen molar-refractivity contribution >= 4 is 5.91 Å². The van der Waals surface area contributed by atoms with E-state index in [1.807, 2.05) is 44.4 Å². The summed E-state index contributed by atoms with van der Waals surface area (Å²) in [6.45, 7) is 6.03. The third-order valence-corrected chi connectivity index (χ3v) is 5.52. The number of amides is 1. The molecule has 2 atom stereocenters. The number of carbonyl (C=O) groups is 1. The van der Waals surface area contributed by atoms with E-state index in [-0.39, 0.29) is 17.9 Å². The van der Waals surface area contributed by atoms with Crippen molar-refractivity contribution < 1.29 is 4.79 Å². The Balaban J connectivity index is 1.88. The number of aromatic nitrogens is 2. The molecule has 1 aromatic carbocycles. The maximum Gasteiger partial charge on any atom is 0.230 e. The van der Waals surface area contributed by atoms with Crippen LogP contribution in [0.4, 0.5) is 0 Å². The summed E-state index contributed by atoms with van der Waals surface area (Å²) in [6, 6.07) is 8.72. The van der Waals surface area contributed by atoms with Gasteiger partial charge in [-0.25, -0.2) is 0 Å². The first kappa shape index (κ1) is 16.7. The fourth-order valence-electron chi connectivity index (χ4n) is 4.13. The molecule has 1 amide bonds. The topological polar surface area (TPSA) is 38.1 Å². The Morgan fingerprint density at radius 1 is 1.33 bits per heavy atom. The second-order valence-electron chi connectivity index (χ2n) is 6.99. The van der Waals surface area contributed by atoms with Crippen molar-refractivity contribution in [3.63, 3.8) is 0 Å². The molecule has 0 saturated carbocycles. The highest BCUT2D eigenvalue weighted by Gasteiger charge is 2.31. The van der Waals surface area contributed by atoms with Gasteiger partial charge in [0.2, 0.25) is 5.91 Å². The van der Waals surface area contributed by atoms with Crippen molar-refractivity contribution in [2.24, 2.45) is 7.05 Å². The summed E-state index contributed by atoms with van der Waals surface area (Å²) in [5.74, 6) is 0.00805. The minimum absolute atomic E-state index is 0.169. The number of nitrogens with zero attached hydrogens (tertiary/aromatic N) is 3. The summed E-state index contributed by atoms with van der Waals surface area (Å²) in [5, 5.41) is 4.47. The number of rotatable bonds is 3. The van der Waals surface area contributed by atoms with Gasteiger partial charge in [0.1, 0.15) is 0 Å². The van der Waals surface area contributed by atoms with Gasteiger partial charge in [-0.3, -0.25) is 9.48 Å². The molecular formula is C20H27N3O. The molecule has 0 saturated heterocycles. The van der Waals surface area contributed by atoms with E-state index in [2.05, 4.69) is 29.4 Å². The molecule has 1 aromatic heterocycles. The third kappa shape index (κ3) is 2.74. The Labute approximate surface area is 144 Å². The van der Waals surface area contributed by atoms with Gasteiger partial charge in [0.05, 0.1) is 17.7 Å². The lowest BCUT2D eigenvalue weighted by Crippen LogP contribution is -2.36. The van der Waals surface area contributed by atoms with E-state index >= 15 is 0 Å². The molecule has 0 radical (unpaired) electrons. The molecule has 0 aliphatic heterocycles. The summed E-state index contributed by atoms with van der Waals surface area (Å²) >= 11 is 0. The van der Waals surface area contributed by atoms with Crippen molar-refractivity contribution in [2.75, 3.05) is 7.05 Å². The van der Waals surface area contributed by atoms with Gasteiger partial charge in [0.25, 0.3) is 0 Å². The van der Waals surface area contributed by atoms with Crippen LogP contribution in [0.15, 0.2) is 24.3 Å². The average Bonchev–Trinajstić information content (AvgIpc) is 2.84. The molecule has 3 rings (SSSR count). The summed E-state index contributed by atoms with van der Waals surface area (Å²) in [4.78, 5) is 15.1. The van der Waals surface area contributed by atoms with Crippen LogP contribution >= 0.6 is 0 Å². The first-order chi connectivity index (χ1) is 11.4. The quantitative estimate of drug-likeness (QED) is 0.863. The second-order valence-corrected chi connectivity index (χ2v) is 6.99. The minimum atomic E-state index is -0.169. The average molecular weight is 325 g/mol. The van der Waals surface area contributed by atoms with Crippen molar-refractivity contribution in [1.82, 2.24) is 14.7 Å². The van der Waals surface area contributed by atoms with Crippen LogP contribution in [0.2, 0.25) is 0 Å². The van der Waals surface area contributed by atoms with Gasteiger partial charge in [-0.1, -0.05) is 24.3 Å². The molecule has 4 heteroatoms. The van der Waals surface area contributed by atoms with Crippen LogP contribution in [0.1, 0.15) is 59.8 Å². The highest BCUT2D eigenvalue weighted by atomic mass is 16.2. The molecule has 0 spiro atoms. The van der Waals surface area contributed by atoms with Crippen molar-refractivity contribution in [3.8, 4) is 0 Å². The monoisotopic (exact) mass is 325 g/mol. The van der Waals surface area contributed by atoms with Crippen LogP contribution in [-0.4, -0.2) is 27.6 Å². The molecule has 1 aliphatic rings. The summed E-state index contributed by atoms with van der Waals surface area (Å²) in [7, 11) is 3.89. The van der Waals surface area contributed by atoms with Gasteiger partial charge in [-0.2, -0.15) is 5.10 Å². The molecule has 24 heavy (non-hydrogen) atoms. The minimum Gasteiger partial charge on any atom is -0.338 e. The Morgan fingerprint density at radius 2 is 2.04 bits per heavy atom. The number of benzene rings is 1. The van der Waals surface area contributed by atoms with Gasteiger partial charge in [-0.15, -0.1) is 0 Å². The molecule has 0 N–H and O–H groups in total. The number of likely N-dealkylation sites (N-methyl/N-ethyl adjacent to an activating group) is 1. The van der Waals surface area contributed by atoms with Gasteiger partial charge >= 0.3 is 0 Å². The van der Waals surface area contributed by atoms with E-state index in [9.17, 15) is 4.79 Å². The summed E-state index contributed by atoms with van der Waals surface area (Å²) in [5.41, 5.74) is 5.79. The summed E-state index contributed by atoms with van der Waals surface area (Å²) < 4.78 is 1.87. The lowest BCUT2D eigenvalue weighted by atomic mass is 9.86. The van der Waals surface area contributed by atoms with E-state index in [0.29, 0.717) is 0 Å². The van der Waals surface area contributed by atoms with Gasteiger partial charge in [-0.05, 0) is 51.2 Å².